The molecule has 1 aromatic rings. The first-order chi connectivity index (χ1) is 7.70. The molecule has 2 N–H and O–H groups in total. The van der Waals surface area contributed by atoms with Gasteiger partial charge in [-0.1, -0.05) is 19.1 Å². The second-order valence-electron chi connectivity index (χ2n) is 3.55. The van der Waals surface area contributed by atoms with E-state index in [1.165, 1.54) is 11.5 Å². The van der Waals surface area contributed by atoms with Gasteiger partial charge in [0.2, 0.25) is 5.13 Å². The van der Waals surface area contributed by atoms with Gasteiger partial charge in [0.15, 0.2) is 0 Å². The lowest BCUT2D eigenvalue weighted by Gasteiger charge is -2.31. The average Bonchev–Trinajstić information content (AvgIpc) is 2.77. The zero-order valence-corrected chi connectivity index (χ0v) is 10.7. The molecule has 1 fully saturated rings. The zero-order chi connectivity index (χ0) is 11.5. The molecular weight excluding hydrogens is 244 g/mol. The number of ether oxygens (including phenoxy) is 1. The third-order valence-corrected chi connectivity index (χ3v) is 3.51. The topological polar surface area (TPSA) is 64.3 Å². The van der Waals surface area contributed by atoms with Gasteiger partial charge in [0.05, 0.1) is 13.2 Å². The van der Waals surface area contributed by atoms with Crippen LogP contribution in [0.3, 0.4) is 0 Å². The predicted molar refractivity (Wildman–Crippen MR) is 68.0 cm³/mol. The van der Waals surface area contributed by atoms with Crippen molar-refractivity contribution in [2.24, 2.45) is 5.73 Å². The Morgan fingerprint density at radius 2 is 2.56 bits per heavy atom. The van der Waals surface area contributed by atoms with E-state index in [4.69, 9.17) is 22.7 Å². The highest BCUT2D eigenvalue weighted by molar-refractivity contribution is 7.80. The van der Waals surface area contributed by atoms with Crippen molar-refractivity contribution in [1.29, 1.82) is 0 Å². The summed E-state index contributed by atoms with van der Waals surface area (Å²) in [6.07, 6.45) is 0.692. The summed E-state index contributed by atoms with van der Waals surface area (Å²) in [7, 11) is 0. The standard InChI is InChI=1S/C9H14N4OS2/c1-2-7-11-9(16-12-7)13-3-4-14-6(5-13)8(10)15/h6H,2-5H2,1H3,(H2,10,15). The van der Waals surface area contributed by atoms with Gasteiger partial charge in [0.1, 0.15) is 16.9 Å². The lowest BCUT2D eigenvalue weighted by molar-refractivity contribution is 0.0847. The largest absolute Gasteiger partial charge is 0.391 e. The summed E-state index contributed by atoms with van der Waals surface area (Å²) in [5, 5.41) is 0.932. The molecule has 88 valence electrons. The van der Waals surface area contributed by atoms with E-state index in [1.54, 1.807) is 0 Å². The van der Waals surface area contributed by atoms with Gasteiger partial charge < -0.3 is 15.4 Å². The van der Waals surface area contributed by atoms with Crippen molar-refractivity contribution in [3.8, 4) is 0 Å². The molecule has 0 saturated carbocycles. The summed E-state index contributed by atoms with van der Waals surface area (Å²) in [5.74, 6) is 0.887. The minimum absolute atomic E-state index is 0.169. The number of hydrogen-bond acceptors (Lipinski definition) is 6. The molecule has 0 radical (unpaired) electrons. The molecule has 0 amide bonds. The van der Waals surface area contributed by atoms with Gasteiger partial charge in [-0.3, -0.25) is 0 Å². The minimum atomic E-state index is -0.169. The molecule has 0 aliphatic carbocycles. The van der Waals surface area contributed by atoms with Gasteiger partial charge in [-0.25, -0.2) is 4.98 Å². The van der Waals surface area contributed by atoms with Gasteiger partial charge in [-0.15, -0.1) is 0 Å². The molecule has 7 heteroatoms. The van der Waals surface area contributed by atoms with Gasteiger partial charge in [0.25, 0.3) is 0 Å². The van der Waals surface area contributed by atoms with E-state index in [1.807, 2.05) is 6.92 Å². The fourth-order valence-corrected chi connectivity index (χ4v) is 2.44. The Morgan fingerprint density at radius 1 is 1.75 bits per heavy atom. The third kappa shape index (κ3) is 2.47. The number of thiocarbonyl (C=S) groups is 1. The Hall–Kier alpha value is -0.790. The number of nitrogens with two attached hydrogens (primary N) is 1. The van der Waals surface area contributed by atoms with Crippen LogP contribution in [0.1, 0.15) is 12.7 Å². The molecule has 0 spiro atoms. The lowest BCUT2D eigenvalue weighted by Crippen LogP contribution is -2.47. The average molecular weight is 258 g/mol. The van der Waals surface area contributed by atoms with Crippen molar-refractivity contribution >= 4 is 33.9 Å². The lowest BCUT2D eigenvalue weighted by atomic mass is 10.3. The Labute approximate surface area is 104 Å². The quantitative estimate of drug-likeness (QED) is 0.801. The molecule has 1 unspecified atom stereocenters. The molecule has 1 aliphatic heterocycles. The summed E-state index contributed by atoms with van der Waals surface area (Å²) in [4.78, 5) is 6.98. The molecular formula is C9H14N4OS2. The maximum absolute atomic E-state index is 5.59. The van der Waals surface area contributed by atoms with Crippen LogP contribution in [-0.2, 0) is 11.2 Å². The zero-order valence-electron chi connectivity index (χ0n) is 9.05. The van der Waals surface area contributed by atoms with Crippen LogP contribution in [0.25, 0.3) is 0 Å². The summed E-state index contributed by atoms with van der Waals surface area (Å²) >= 11 is 6.36. The summed E-state index contributed by atoms with van der Waals surface area (Å²) in [6.45, 7) is 4.16. The number of anilines is 1. The van der Waals surface area contributed by atoms with Crippen LogP contribution < -0.4 is 10.6 Å². The second-order valence-corrected chi connectivity index (χ2v) is 4.76. The van der Waals surface area contributed by atoms with Crippen molar-refractivity contribution in [1.82, 2.24) is 9.36 Å². The van der Waals surface area contributed by atoms with E-state index in [9.17, 15) is 0 Å². The van der Waals surface area contributed by atoms with Crippen LogP contribution in [0, 0.1) is 0 Å². The molecule has 16 heavy (non-hydrogen) atoms. The summed E-state index contributed by atoms with van der Waals surface area (Å²) < 4.78 is 9.74. The van der Waals surface area contributed by atoms with E-state index >= 15 is 0 Å². The molecule has 1 atom stereocenters. The van der Waals surface area contributed by atoms with Crippen molar-refractivity contribution in [2.75, 3.05) is 24.6 Å². The molecule has 1 saturated heterocycles. The van der Waals surface area contributed by atoms with Crippen molar-refractivity contribution in [3.05, 3.63) is 5.82 Å². The van der Waals surface area contributed by atoms with Crippen LogP contribution in [0.2, 0.25) is 0 Å². The summed E-state index contributed by atoms with van der Waals surface area (Å²) in [6, 6.07) is 0. The maximum Gasteiger partial charge on any atom is 0.205 e. The SMILES string of the molecule is CCc1nsc(N2CCOC(C(N)=S)C2)n1. The van der Waals surface area contributed by atoms with E-state index in [-0.39, 0.29) is 6.10 Å². The molecule has 1 aromatic heterocycles. The number of morpholine rings is 1. The third-order valence-electron chi connectivity index (χ3n) is 2.43. The smallest absolute Gasteiger partial charge is 0.205 e. The highest BCUT2D eigenvalue weighted by atomic mass is 32.1. The number of aryl methyl sites for hydroxylation is 1. The summed E-state index contributed by atoms with van der Waals surface area (Å²) in [5.41, 5.74) is 5.59. The van der Waals surface area contributed by atoms with E-state index in [0.29, 0.717) is 18.1 Å². The highest BCUT2D eigenvalue weighted by Gasteiger charge is 2.24. The van der Waals surface area contributed by atoms with Crippen LogP contribution >= 0.6 is 23.8 Å². The molecule has 2 heterocycles. The van der Waals surface area contributed by atoms with E-state index in [0.717, 1.165) is 23.9 Å². The Kier molecular flexibility index (Phi) is 3.67. The Balaban J connectivity index is 2.06. The minimum Gasteiger partial charge on any atom is -0.391 e. The second kappa shape index (κ2) is 5.03. The fourth-order valence-electron chi connectivity index (χ4n) is 1.51. The Morgan fingerprint density at radius 3 is 3.19 bits per heavy atom. The van der Waals surface area contributed by atoms with Crippen LogP contribution in [0.5, 0.6) is 0 Å². The van der Waals surface area contributed by atoms with Crippen LogP contribution in [0.4, 0.5) is 5.13 Å². The number of rotatable bonds is 3. The maximum atomic E-state index is 5.59. The molecule has 5 nitrogen and oxygen atoms in total. The molecule has 0 bridgehead atoms. The van der Waals surface area contributed by atoms with Gasteiger partial charge in [-0.05, 0) is 0 Å². The van der Waals surface area contributed by atoms with Crippen molar-refractivity contribution < 1.29 is 4.74 Å². The Bertz CT molecular complexity index is 381. The fraction of sp³-hybridized carbons (Fsp3) is 0.667. The molecule has 0 aromatic carbocycles. The van der Waals surface area contributed by atoms with Crippen molar-refractivity contribution in [2.45, 2.75) is 19.4 Å². The van der Waals surface area contributed by atoms with Crippen LogP contribution in [0.15, 0.2) is 0 Å². The van der Waals surface area contributed by atoms with Crippen LogP contribution in [-0.4, -0.2) is 40.1 Å². The van der Waals surface area contributed by atoms with Gasteiger partial charge >= 0.3 is 0 Å². The van der Waals surface area contributed by atoms with E-state index in [2.05, 4.69) is 14.3 Å². The van der Waals surface area contributed by atoms with Crippen molar-refractivity contribution in [3.63, 3.8) is 0 Å². The van der Waals surface area contributed by atoms with Gasteiger partial charge in [-0.2, -0.15) is 4.37 Å². The first-order valence-corrected chi connectivity index (χ1v) is 6.37. The molecule has 1 aliphatic rings. The highest BCUT2D eigenvalue weighted by Crippen LogP contribution is 2.20. The number of aromatic nitrogens is 2. The van der Waals surface area contributed by atoms with Gasteiger partial charge in [0, 0.05) is 24.5 Å². The van der Waals surface area contributed by atoms with E-state index < -0.39 is 0 Å². The first-order valence-electron chi connectivity index (χ1n) is 5.19. The predicted octanol–water partition coefficient (Wildman–Crippen LogP) is 0.592. The normalized spacial score (nSPS) is 21.1. The monoisotopic (exact) mass is 258 g/mol. The first kappa shape index (κ1) is 11.7. The molecule has 2 rings (SSSR count). The number of nitrogens with zero attached hydrogens (tertiary/aromatic N) is 3. The number of hydrogen-bond donors (Lipinski definition) is 1.